The molecule has 1 nitrogen and oxygen atoms in total. The second kappa shape index (κ2) is 2.68. The van der Waals surface area contributed by atoms with Gasteiger partial charge in [-0.15, -0.1) is 0 Å². The van der Waals surface area contributed by atoms with Crippen molar-refractivity contribution in [3.8, 4) is 0 Å². The number of aromatic amines is 1. The average molecular weight is 200 g/mol. The van der Waals surface area contributed by atoms with Crippen LogP contribution in [0.1, 0.15) is 5.56 Å². The van der Waals surface area contributed by atoms with Crippen molar-refractivity contribution in [1.29, 1.82) is 0 Å². The second-order valence-corrected chi connectivity index (χ2v) is 3.54. The zero-order chi connectivity index (χ0) is 8.72. The van der Waals surface area contributed by atoms with Gasteiger partial charge in [0.2, 0.25) is 0 Å². The molecule has 62 valence electrons. The summed E-state index contributed by atoms with van der Waals surface area (Å²) in [6, 6.07) is 3.78. The van der Waals surface area contributed by atoms with Gasteiger partial charge in [-0.2, -0.15) is 0 Å². The average Bonchev–Trinajstić information content (AvgIpc) is 2.41. The summed E-state index contributed by atoms with van der Waals surface area (Å²) in [5.74, 6) is 0. The first-order valence-electron chi connectivity index (χ1n) is 3.62. The molecule has 0 radical (unpaired) electrons. The Balaban J connectivity index is 2.93. The fraction of sp³-hybridized carbons (Fsp3) is 0.111. The first-order valence-corrected chi connectivity index (χ1v) is 4.37. The number of nitrogens with one attached hydrogen (secondary N) is 1. The van der Waals surface area contributed by atoms with E-state index in [0.717, 1.165) is 10.9 Å². The summed E-state index contributed by atoms with van der Waals surface area (Å²) in [4.78, 5) is 3.08. The van der Waals surface area contributed by atoms with E-state index >= 15 is 0 Å². The summed E-state index contributed by atoms with van der Waals surface area (Å²) in [6.45, 7) is 2.03. The van der Waals surface area contributed by atoms with Crippen molar-refractivity contribution in [3.05, 3.63) is 33.9 Å². The molecule has 0 aliphatic rings. The SMILES string of the molecule is Cc1c[nH]c2c(Cl)c(Cl)ccc12. The number of hydrogen-bond donors (Lipinski definition) is 1. The zero-order valence-electron chi connectivity index (χ0n) is 6.49. The number of H-pyrrole nitrogens is 1. The van der Waals surface area contributed by atoms with Crippen molar-refractivity contribution in [2.24, 2.45) is 0 Å². The molecule has 0 spiro atoms. The molecule has 3 heteroatoms. The Labute approximate surface area is 80.3 Å². The third-order valence-electron chi connectivity index (χ3n) is 1.95. The van der Waals surface area contributed by atoms with Gasteiger partial charge in [0, 0.05) is 11.6 Å². The highest BCUT2D eigenvalue weighted by molar-refractivity contribution is 6.45. The Morgan fingerprint density at radius 1 is 1.25 bits per heavy atom. The molecular formula is C9H7Cl2N. The molecule has 2 rings (SSSR count). The van der Waals surface area contributed by atoms with Gasteiger partial charge in [0.25, 0.3) is 0 Å². The first kappa shape index (κ1) is 7.96. The Bertz CT molecular complexity index is 431. The van der Waals surface area contributed by atoms with Crippen molar-refractivity contribution in [2.75, 3.05) is 0 Å². The number of hydrogen-bond acceptors (Lipinski definition) is 0. The molecule has 0 amide bonds. The highest BCUT2D eigenvalue weighted by Gasteiger charge is 2.05. The fourth-order valence-corrected chi connectivity index (χ4v) is 1.66. The monoisotopic (exact) mass is 199 g/mol. The van der Waals surface area contributed by atoms with Crippen molar-refractivity contribution >= 4 is 34.1 Å². The molecule has 0 saturated carbocycles. The third kappa shape index (κ3) is 1.01. The van der Waals surface area contributed by atoms with E-state index in [2.05, 4.69) is 4.98 Å². The van der Waals surface area contributed by atoms with E-state index in [0.29, 0.717) is 10.0 Å². The molecular weight excluding hydrogens is 193 g/mol. The molecule has 12 heavy (non-hydrogen) atoms. The van der Waals surface area contributed by atoms with E-state index in [9.17, 15) is 0 Å². The molecule has 1 aromatic carbocycles. The maximum atomic E-state index is 5.98. The van der Waals surface area contributed by atoms with Crippen LogP contribution in [-0.2, 0) is 0 Å². The number of fused-ring (bicyclic) bond motifs is 1. The summed E-state index contributed by atoms with van der Waals surface area (Å²) in [5.41, 5.74) is 2.10. The Morgan fingerprint density at radius 2 is 2.00 bits per heavy atom. The molecule has 0 aliphatic carbocycles. The number of rotatable bonds is 0. The number of aryl methyl sites for hydroxylation is 1. The van der Waals surface area contributed by atoms with Crippen LogP contribution in [0.25, 0.3) is 10.9 Å². The summed E-state index contributed by atoms with van der Waals surface area (Å²) in [5, 5.41) is 2.32. The van der Waals surface area contributed by atoms with Crippen LogP contribution in [0.3, 0.4) is 0 Å². The Kier molecular flexibility index (Phi) is 1.78. The highest BCUT2D eigenvalue weighted by Crippen LogP contribution is 2.31. The van der Waals surface area contributed by atoms with Gasteiger partial charge < -0.3 is 4.98 Å². The molecule has 0 aliphatic heterocycles. The van der Waals surface area contributed by atoms with Crippen LogP contribution in [0.4, 0.5) is 0 Å². The Morgan fingerprint density at radius 3 is 2.75 bits per heavy atom. The van der Waals surface area contributed by atoms with Crippen molar-refractivity contribution < 1.29 is 0 Å². The minimum absolute atomic E-state index is 0.589. The van der Waals surface area contributed by atoms with Gasteiger partial charge in [-0.1, -0.05) is 29.3 Å². The zero-order valence-corrected chi connectivity index (χ0v) is 8.00. The molecule has 1 aromatic heterocycles. The van der Waals surface area contributed by atoms with E-state index < -0.39 is 0 Å². The highest BCUT2D eigenvalue weighted by atomic mass is 35.5. The summed E-state index contributed by atoms with van der Waals surface area (Å²) >= 11 is 11.8. The van der Waals surface area contributed by atoms with Crippen LogP contribution >= 0.6 is 23.2 Å². The van der Waals surface area contributed by atoms with E-state index in [1.165, 1.54) is 5.56 Å². The predicted octanol–water partition coefficient (Wildman–Crippen LogP) is 3.78. The van der Waals surface area contributed by atoms with Gasteiger partial charge in [0.1, 0.15) is 0 Å². The lowest BCUT2D eigenvalue weighted by Gasteiger charge is -1.96. The summed E-state index contributed by atoms with van der Waals surface area (Å²) in [7, 11) is 0. The quantitative estimate of drug-likeness (QED) is 0.665. The standard InChI is InChI=1S/C9H7Cl2N/c1-5-4-12-9-6(5)2-3-7(10)8(9)11/h2-4,12H,1H3. The van der Waals surface area contributed by atoms with E-state index in [1.54, 1.807) is 0 Å². The molecule has 1 N–H and O–H groups in total. The Hall–Kier alpha value is -0.660. The molecule has 0 fully saturated rings. The molecule has 0 unspecified atom stereocenters. The summed E-state index contributed by atoms with van der Waals surface area (Å²) < 4.78 is 0. The van der Waals surface area contributed by atoms with Crippen LogP contribution in [0, 0.1) is 6.92 Å². The minimum Gasteiger partial charge on any atom is -0.360 e. The maximum absolute atomic E-state index is 5.98. The number of aromatic nitrogens is 1. The van der Waals surface area contributed by atoms with Crippen LogP contribution in [0.15, 0.2) is 18.3 Å². The van der Waals surface area contributed by atoms with Crippen molar-refractivity contribution in [2.45, 2.75) is 6.92 Å². The normalized spacial score (nSPS) is 10.9. The molecule has 0 saturated heterocycles. The minimum atomic E-state index is 0.589. The van der Waals surface area contributed by atoms with Gasteiger partial charge in [0.15, 0.2) is 0 Å². The lowest BCUT2D eigenvalue weighted by atomic mass is 10.2. The van der Waals surface area contributed by atoms with E-state index in [4.69, 9.17) is 23.2 Å². The lowest BCUT2D eigenvalue weighted by Crippen LogP contribution is -1.72. The smallest absolute Gasteiger partial charge is 0.0833 e. The van der Waals surface area contributed by atoms with Crippen LogP contribution in [0.2, 0.25) is 10.0 Å². The van der Waals surface area contributed by atoms with E-state index in [-0.39, 0.29) is 0 Å². The van der Waals surface area contributed by atoms with Gasteiger partial charge >= 0.3 is 0 Å². The molecule has 0 atom stereocenters. The van der Waals surface area contributed by atoms with Crippen molar-refractivity contribution in [3.63, 3.8) is 0 Å². The summed E-state index contributed by atoms with van der Waals surface area (Å²) in [6.07, 6.45) is 1.92. The topological polar surface area (TPSA) is 15.8 Å². The lowest BCUT2D eigenvalue weighted by molar-refractivity contribution is 1.43. The van der Waals surface area contributed by atoms with Crippen LogP contribution in [-0.4, -0.2) is 4.98 Å². The first-order chi connectivity index (χ1) is 5.70. The largest absolute Gasteiger partial charge is 0.360 e. The fourth-order valence-electron chi connectivity index (χ4n) is 1.28. The van der Waals surface area contributed by atoms with Gasteiger partial charge in [-0.25, -0.2) is 0 Å². The third-order valence-corrected chi connectivity index (χ3v) is 2.76. The molecule has 1 heterocycles. The van der Waals surface area contributed by atoms with Crippen molar-refractivity contribution in [1.82, 2.24) is 4.98 Å². The van der Waals surface area contributed by atoms with Crippen LogP contribution in [0.5, 0.6) is 0 Å². The van der Waals surface area contributed by atoms with Gasteiger partial charge in [-0.3, -0.25) is 0 Å². The molecule has 0 bridgehead atoms. The number of halogens is 2. The molecule has 2 aromatic rings. The van der Waals surface area contributed by atoms with E-state index in [1.807, 2.05) is 25.3 Å². The van der Waals surface area contributed by atoms with Gasteiger partial charge in [-0.05, 0) is 18.6 Å². The number of benzene rings is 1. The predicted molar refractivity (Wildman–Crippen MR) is 53.1 cm³/mol. The van der Waals surface area contributed by atoms with Crippen LogP contribution < -0.4 is 0 Å². The maximum Gasteiger partial charge on any atom is 0.0833 e. The second-order valence-electron chi connectivity index (χ2n) is 2.76. The van der Waals surface area contributed by atoms with Gasteiger partial charge in [0.05, 0.1) is 15.6 Å².